The average Bonchev–Trinajstić information content (AvgIpc) is 3.36. The number of hydrogen-bond acceptors (Lipinski definition) is 5. The number of aromatic amines is 1. The van der Waals surface area contributed by atoms with E-state index in [0.717, 1.165) is 24.0 Å². The lowest BCUT2D eigenvalue weighted by molar-refractivity contribution is 0.465. The van der Waals surface area contributed by atoms with E-state index in [1.165, 1.54) is 12.1 Å². The number of primary sulfonamides is 1. The predicted octanol–water partition coefficient (Wildman–Crippen LogP) is 3.69. The van der Waals surface area contributed by atoms with E-state index in [4.69, 9.17) is 9.56 Å². The van der Waals surface area contributed by atoms with Gasteiger partial charge in [0.15, 0.2) is 17.2 Å². The third-order valence-corrected chi connectivity index (χ3v) is 5.56. The van der Waals surface area contributed by atoms with Crippen LogP contribution in [-0.2, 0) is 10.0 Å². The first-order valence-corrected chi connectivity index (χ1v) is 10.6. The van der Waals surface area contributed by atoms with Crippen molar-refractivity contribution in [2.45, 2.75) is 37.6 Å². The molecule has 0 radical (unpaired) electrons. The molecule has 3 aromatic heterocycles. The summed E-state index contributed by atoms with van der Waals surface area (Å²) in [6, 6.07) is 10.2. The van der Waals surface area contributed by atoms with Crippen LogP contribution in [0.4, 0.5) is 0 Å². The van der Waals surface area contributed by atoms with Gasteiger partial charge in [0.2, 0.25) is 10.0 Å². The van der Waals surface area contributed by atoms with Crippen LogP contribution in [0.25, 0.3) is 34.1 Å². The fourth-order valence-electron chi connectivity index (χ4n) is 3.24. The van der Waals surface area contributed by atoms with Gasteiger partial charge in [0, 0.05) is 5.56 Å². The summed E-state index contributed by atoms with van der Waals surface area (Å²) in [7, 11) is -3.78. The second-order valence-electron chi connectivity index (χ2n) is 6.79. The third-order valence-electron chi connectivity index (χ3n) is 4.65. The van der Waals surface area contributed by atoms with Gasteiger partial charge >= 0.3 is 0 Å². The summed E-state index contributed by atoms with van der Waals surface area (Å²) in [5, 5.41) is 9.63. The lowest BCUT2D eigenvalue weighted by Crippen LogP contribution is -2.11. The van der Waals surface area contributed by atoms with Gasteiger partial charge in [-0.1, -0.05) is 25.5 Å². The van der Waals surface area contributed by atoms with Crippen LogP contribution in [0.15, 0.2) is 51.9 Å². The molecular formula is C19H21N5O3S. The Labute approximate surface area is 162 Å². The van der Waals surface area contributed by atoms with Gasteiger partial charge < -0.3 is 9.40 Å². The highest BCUT2D eigenvalue weighted by atomic mass is 32.2. The highest BCUT2D eigenvalue weighted by Gasteiger charge is 2.17. The minimum absolute atomic E-state index is 0.0386. The number of nitrogens with zero attached hydrogens (tertiary/aromatic N) is 3. The summed E-state index contributed by atoms with van der Waals surface area (Å²) in [6.45, 7) is 4.26. The fraction of sp³-hybridized carbons (Fsp3) is 0.263. The molecule has 1 atom stereocenters. The summed E-state index contributed by atoms with van der Waals surface area (Å²) in [5.74, 6) is 1.68. The monoisotopic (exact) mass is 399 g/mol. The van der Waals surface area contributed by atoms with Crippen LogP contribution in [0.2, 0.25) is 0 Å². The van der Waals surface area contributed by atoms with E-state index in [2.05, 4.69) is 28.9 Å². The van der Waals surface area contributed by atoms with E-state index in [0.29, 0.717) is 22.9 Å². The molecule has 146 valence electrons. The zero-order valence-electron chi connectivity index (χ0n) is 15.6. The molecule has 0 fully saturated rings. The van der Waals surface area contributed by atoms with Gasteiger partial charge in [-0.2, -0.15) is 5.10 Å². The van der Waals surface area contributed by atoms with Gasteiger partial charge in [0.05, 0.1) is 17.1 Å². The first-order chi connectivity index (χ1) is 13.4. The predicted molar refractivity (Wildman–Crippen MR) is 106 cm³/mol. The minimum atomic E-state index is -3.78. The standard InChI is InChI=1S/C19H21N5O3S/c1-3-5-12(2)24-19-15(11-21-24)22-18(23-19)17-9-8-16(27-17)13-6-4-7-14(10-13)28(20,25)26/h4,6-12H,3,5H2,1-2H3,(H,22,23)(H2,20,25,26)/t12-/m1/s1. The van der Waals surface area contributed by atoms with Crippen molar-refractivity contribution in [3.63, 3.8) is 0 Å². The first kappa shape index (κ1) is 18.5. The molecule has 28 heavy (non-hydrogen) atoms. The molecule has 0 bridgehead atoms. The third kappa shape index (κ3) is 3.34. The van der Waals surface area contributed by atoms with Gasteiger partial charge in [0.25, 0.3) is 0 Å². The van der Waals surface area contributed by atoms with E-state index < -0.39 is 10.0 Å². The second-order valence-corrected chi connectivity index (χ2v) is 8.35. The summed E-state index contributed by atoms with van der Waals surface area (Å²) >= 11 is 0. The highest BCUT2D eigenvalue weighted by Crippen LogP contribution is 2.30. The molecule has 0 spiro atoms. The maximum atomic E-state index is 11.6. The van der Waals surface area contributed by atoms with Crippen LogP contribution in [-0.4, -0.2) is 28.2 Å². The van der Waals surface area contributed by atoms with E-state index in [-0.39, 0.29) is 10.9 Å². The molecule has 0 aliphatic rings. The number of fused-ring (bicyclic) bond motifs is 1. The van der Waals surface area contributed by atoms with Crippen molar-refractivity contribution in [3.05, 3.63) is 42.6 Å². The molecule has 0 aliphatic heterocycles. The first-order valence-electron chi connectivity index (χ1n) is 9.03. The molecule has 0 saturated heterocycles. The Morgan fingerprint density at radius 1 is 1.25 bits per heavy atom. The molecule has 1 aromatic carbocycles. The van der Waals surface area contributed by atoms with Crippen LogP contribution in [0.3, 0.4) is 0 Å². The van der Waals surface area contributed by atoms with E-state index in [1.54, 1.807) is 30.5 Å². The molecule has 9 heteroatoms. The van der Waals surface area contributed by atoms with Gasteiger partial charge in [-0.15, -0.1) is 0 Å². The van der Waals surface area contributed by atoms with Gasteiger partial charge in [0.1, 0.15) is 11.3 Å². The van der Waals surface area contributed by atoms with Gasteiger partial charge in [-0.25, -0.2) is 23.2 Å². The minimum Gasteiger partial charge on any atom is -0.453 e. The van der Waals surface area contributed by atoms with Crippen molar-refractivity contribution in [2.75, 3.05) is 0 Å². The molecule has 0 unspecified atom stereocenters. The normalized spacial score (nSPS) is 13.2. The Balaban J connectivity index is 1.68. The van der Waals surface area contributed by atoms with Crippen LogP contribution in [0, 0.1) is 0 Å². The number of benzene rings is 1. The Morgan fingerprint density at radius 3 is 2.79 bits per heavy atom. The molecule has 0 amide bonds. The summed E-state index contributed by atoms with van der Waals surface area (Å²) in [5.41, 5.74) is 2.24. The zero-order chi connectivity index (χ0) is 19.9. The van der Waals surface area contributed by atoms with E-state index in [1.807, 2.05) is 4.68 Å². The molecule has 4 rings (SSSR count). The number of imidazole rings is 1. The van der Waals surface area contributed by atoms with Crippen molar-refractivity contribution < 1.29 is 12.8 Å². The number of H-pyrrole nitrogens is 1. The summed E-state index contributed by atoms with van der Waals surface area (Å²) < 4.78 is 31.0. The smallest absolute Gasteiger partial charge is 0.238 e. The quantitative estimate of drug-likeness (QED) is 0.512. The molecule has 8 nitrogen and oxygen atoms in total. The van der Waals surface area contributed by atoms with E-state index >= 15 is 0 Å². The van der Waals surface area contributed by atoms with Crippen molar-refractivity contribution >= 4 is 21.2 Å². The van der Waals surface area contributed by atoms with Gasteiger partial charge in [-0.05, 0) is 37.6 Å². The fourth-order valence-corrected chi connectivity index (χ4v) is 3.80. The largest absolute Gasteiger partial charge is 0.453 e. The molecule has 4 aromatic rings. The van der Waals surface area contributed by atoms with Crippen molar-refractivity contribution in [3.8, 4) is 22.9 Å². The maximum Gasteiger partial charge on any atom is 0.238 e. The maximum absolute atomic E-state index is 11.6. The number of hydrogen-bond donors (Lipinski definition) is 2. The molecule has 3 heterocycles. The van der Waals surface area contributed by atoms with Crippen molar-refractivity contribution in [1.82, 2.24) is 19.7 Å². The summed E-state index contributed by atoms with van der Waals surface area (Å²) in [4.78, 5) is 7.91. The Hall–Kier alpha value is -2.91. The Bertz CT molecular complexity index is 1240. The Kier molecular flexibility index (Phi) is 4.56. The summed E-state index contributed by atoms with van der Waals surface area (Å²) in [6.07, 6.45) is 3.85. The lowest BCUT2D eigenvalue weighted by atomic mass is 10.2. The molecule has 0 aliphatic carbocycles. The second kappa shape index (κ2) is 6.92. The number of sulfonamides is 1. The van der Waals surface area contributed by atoms with Crippen LogP contribution >= 0.6 is 0 Å². The van der Waals surface area contributed by atoms with Crippen LogP contribution in [0.1, 0.15) is 32.7 Å². The average molecular weight is 399 g/mol. The number of nitrogens with two attached hydrogens (primary N) is 1. The number of nitrogens with one attached hydrogen (secondary N) is 1. The van der Waals surface area contributed by atoms with Crippen LogP contribution < -0.4 is 5.14 Å². The van der Waals surface area contributed by atoms with Crippen molar-refractivity contribution in [2.24, 2.45) is 5.14 Å². The number of aromatic nitrogens is 4. The Morgan fingerprint density at radius 2 is 2.04 bits per heavy atom. The van der Waals surface area contributed by atoms with E-state index in [9.17, 15) is 8.42 Å². The number of rotatable bonds is 6. The highest BCUT2D eigenvalue weighted by molar-refractivity contribution is 7.89. The van der Waals surface area contributed by atoms with Gasteiger partial charge in [-0.3, -0.25) is 0 Å². The van der Waals surface area contributed by atoms with Crippen LogP contribution in [0.5, 0.6) is 0 Å². The number of furan rings is 1. The molecule has 0 saturated carbocycles. The molecule has 3 N–H and O–H groups in total. The zero-order valence-corrected chi connectivity index (χ0v) is 16.4. The topological polar surface area (TPSA) is 120 Å². The SMILES string of the molecule is CCC[C@@H](C)n1ncc2[nH]c(-c3ccc(-c4cccc(S(N)(=O)=O)c4)o3)nc21. The molecular weight excluding hydrogens is 378 g/mol. The van der Waals surface area contributed by atoms with Crippen molar-refractivity contribution in [1.29, 1.82) is 0 Å². The lowest BCUT2D eigenvalue weighted by Gasteiger charge is -2.10.